The summed E-state index contributed by atoms with van der Waals surface area (Å²) >= 11 is 0. The van der Waals surface area contributed by atoms with Crippen molar-refractivity contribution in [2.24, 2.45) is 0 Å². The van der Waals surface area contributed by atoms with E-state index in [-0.39, 0.29) is 5.91 Å². The highest BCUT2D eigenvalue weighted by molar-refractivity contribution is 5.97. The van der Waals surface area contributed by atoms with Crippen LogP contribution in [-0.2, 0) is 6.54 Å². The molecule has 0 radical (unpaired) electrons. The molecule has 2 aromatic heterocycles. The summed E-state index contributed by atoms with van der Waals surface area (Å²) in [5.41, 5.74) is 1.37. The summed E-state index contributed by atoms with van der Waals surface area (Å²) < 4.78 is 5.47. The Hall–Kier alpha value is -2.63. The molecular formula is C13H12N4O2. The number of rotatable bonds is 3. The Morgan fingerprint density at radius 3 is 3.11 bits per heavy atom. The zero-order chi connectivity index (χ0) is 13.2. The van der Waals surface area contributed by atoms with E-state index in [2.05, 4.69) is 20.5 Å². The van der Waals surface area contributed by atoms with Gasteiger partial charge in [-0.15, -0.1) is 0 Å². The molecule has 0 saturated heterocycles. The third kappa shape index (κ3) is 2.33. The molecule has 0 unspecified atom stereocenters. The van der Waals surface area contributed by atoms with Crippen molar-refractivity contribution in [2.45, 2.75) is 13.5 Å². The van der Waals surface area contributed by atoms with Gasteiger partial charge >= 0.3 is 0 Å². The monoisotopic (exact) mass is 256 g/mol. The van der Waals surface area contributed by atoms with Crippen molar-refractivity contribution in [2.75, 3.05) is 0 Å². The van der Waals surface area contributed by atoms with Gasteiger partial charge in [0.15, 0.2) is 0 Å². The molecule has 0 aliphatic carbocycles. The first kappa shape index (κ1) is 11.5. The molecule has 0 atom stereocenters. The smallest absolute Gasteiger partial charge is 0.251 e. The Morgan fingerprint density at radius 1 is 1.42 bits per heavy atom. The third-order valence-electron chi connectivity index (χ3n) is 2.78. The lowest BCUT2D eigenvalue weighted by Gasteiger charge is -2.02. The topological polar surface area (TPSA) is 83.8 Å². The van der Waals surface area contributed by atoms with E-state index in [1.165, 1.54) is 6.33 Å². The normalized spacial score (nSPS) is 10.8. The van der Waals surface area contributed by atoms with Crippen molar-refractivity contribution in [3.63, 3.8) is 0 Å². The lowest BCUT2D eigenvalue weighted by atomic mass is 10.1. The van der Waals surface area contributed by atoms with Crippen molar-refractivity contribution in [3.05, 3.63) is 47.7 Å². The minimum absolute atomic E-state index is 0.155. The van der Waals surface area contributed by atoms with E-state index in [9.17, 15) is 4.79 Å². The van der Waals surface area contributed by atoms with Crippen molar-refractivity contribution in [3.8, 4) is 0 Å². The zero-order valence-electron chi connectivity index (χ0n) is 10.3. The highest BCUT2D eigenvalue weighted by Crippen LogP contribution is 2.20. The first-order valence-corrected chi connectivity index (χ1v) is 5.85. The number of aromatic nitrogens is 3. The standard InChI is InChI=1S/C13H12N4O2/c1-8-4-10-5-9(2-3-11(10)19-8)13(18)14-6-12-15-7-16-17-12/h2-5,7H,6H2,1H3,(H,14,18)(H,15,16,17). The second-order valence-electron chi connectivity index (χ2n) is 4.22. The van der Waals surface area contributed by atoms with Crippen molar-refractivity contribution >= 4 is 16.9 Å². The molecule has 3 aromatic rings. The highest BCUT2D eigenvalue weighted by atomic mass is 16.3. The first-order chi connectivity index (χ1) is 9.22. The molecule has 19 heavy (non-hydrogen) atoms. The van der Waals surface area contributed by atoms with Gasteiger partial charge in [-0.1, -0.05) is 0 Å². The Kier molecular flexibility index (Phi) is 2.75. The number of nitrogens with one attached hydrogen (secondary N) is 2. The lowest BCUT2D eigenvalue weighted by molar-refractivity contribution is 0.0950. The van der Waals surface area contributed by atoms with Crippen LogP contribution in [0.3, 0.4) is 0 Å². The van der Waals surface area contributed by atoms with E-state index < -0.39 is 0 Å². The fourth-order valence-electron chi connectivity index (χ4n) is 1.90. The molecule has 2 N–H and O–H groups in total. The van der Waals surface area contributed by atoms with E-state index in [1.807, 2.05) is 19.1 Å². The van der Waals surface area contributed by atoms with Gasteiger partial charge in [-0.2, -0.15) is 5.10 Å². The number of hydrogen-bond acceptors (Lipinski definition) is 4. The maximum Gasteiger partial charge on any atom is 0.251 e. The van der Waals surface area contributed by atoms with E-state index >= 15 is 0 Å². The summed E-state index contributed by atoms with van der Waals surface area (Å²) in [6.07, 6.45) is 1.40. The molecule has 0 bridgehead atoms. The fourth-order valence-corrected chi connectivity index (χ4v) is 1.90. The molecule has 6 heteroatoms. The van der Waals surface area contributed by atoms with Gasteiger partial charge in [0, 0.05) is 10.9 Å². The Bertz CT molecular complexity index is 715. The molecule has 1 amide bonds. The Labute approximate surface area is 108 Å². The van der Waals surface area contributed by atoms with Crippen LogP contribution in [0.25, 0.3) is 11.0 Å². The molecule has 0 aliphatic rings. The van der Waals surface area contributed by atoms with Gasteiger partial charge in [-0.25, -0.2) is 4.98 Å². The van der Waals surface area contributed by atoms with Crippen LogP contribution in [-0.4, -0.2) is 21.1 Å². The Morgan fingerprint density at radius 2 is 2.32 bits per heavy atom. The molecule has 2 heterocycles. The predicted molar refractivity (Wildman–Crippen MR) is 68.5 cm³/mol. The average Bonchev–Trinajstić information content (AvgIpc) is 3.02. The average molecular weight is 256 g/mol. The van der Waals surface area contributed by atoms with Gasteiger partial charge in [0.25, 0.3) is 5.91 Å². The fraction of sp³-hybridized carbons (Fsp3) is 0.154. The SMILES string of the molecule is Cc1cc2cc(C(=O)NCc3ncn[nH]3)ccc2o1. The number of furan rings is 1. The van der Waals surface area contributed by atoms with E-state index in [0.29, 0.717) is 17.9 Å². The maximum absolute atomic E-state index is 12.0. The number of hydrogen-bond donors (Lipinski definition) is 2. The van der Waals surface area contributed by atoms with Crippen LogP contribution in [0.15, 0.2) is 35.0 Å². The number of carbonyl (C=O) groups excluding carboxylic acids is 1. The second-order valence-corrected chi connectivity index (χ2v) is 4.22. The molecule has 1 aromatic carbocycles. The van der Waals surface area contributed by atoms with Gasteiger partial charge in [0.2, 0.25) is 0 Å². The lowest BCUT2D eigenvalue weighted by Crippen LogP contribution is -2.23. The summed E-state index contributed by atoms with van der Waals surface area (Å²) in [5, 5.41) is 10.1. The van der Waals surface area contributed by atoms with Gasteiger partial charge in [-0.3, -0.25) is 9.89 Å². The minimum atomic E-state index is -0.155. The van der Waals surface area contributed by atoms with Crippen molar-refractivity contribution in [1.29, 1.82) is 0 Å². The van der Waals surface area contributed by atoms with Crippen LogP contribution < -0.4 is 5.32 Å². The van der Waals surface area contributed by atoms with Crippen LogP contribution >= 0.6 is 0 Å². The quantitative estimate of drug-likeness (QED) is 0.748. The highest BCUT2D eigenvalue weighted by Gasteiger charge is 2.08. The molecule has 6 nitrogen and oxygen atoms in total. The number of fused-ring (bicyclic) bond motifs is 1. The predicted octanol–water partition coefficient (Wildman–Crippen LogP) is 1.79. The summed E-state index contributed by atoms with van der Waals surface area (Å²) in [5.74, 6) is 1.29. The van der Waals surface area contributed by atoms with Crippen LogP contribution in [0.1, 0.15) is 21.9 Å². The summed E-state index contributed by atoms with van der Waals surface area (Å²) in [6, 6.07) is 7.25. The molecular weight excluding hydrogens is 244 g/mol. The number of H-pyrrole nitrogens is 1. The van der Waals surface area contributed by atoms with E-state index in [1.54, 1.807) is 12.1 Å². The number of amides is 1. The second kappa shape index (κ2) is 4.56. The zero-order valence-corrected chi connectivity index (χ0v) is 10.3. The summed E-state index contributed by atoms with van der Waals surface area (Å²) in [4.78, 5) is 15.9. The number of benzene rings is 1. The summed E-state index contributed by atoms with van der Waals surface area (Å²) in [6.45, 7) is 2.20. The number of aromatic amines is 1. The number of aryl methyl sites for hydroxylation is 1. The number of nitrogens with zero attached hydrogens (tertiary/aromatic N) is 2. The van der Waals surface area contributed by atoms with Crippen LogP contribution in [0.2, 0.25) is 0 Å². The maximum atomic E-state index is 12.0. The largest absolute Gasteiger partial charge is 0.461 e. The molecule has 0 spiro atoms. The number of carbonyl (C=O) groups is 1. The van der Waals surface area contributed by atoms with Crippen LogP contribution in [0, 0.1) is 6.92 Å². The van der Waals surface area contributed by atoms with Crippen LogP contribution in [0.5, 0.6) is 0 Å². The van der Waals surface area contributed by atoms with Crippen molar-refractivity contribution < 1.29 is 9.21 Å². The van der Waals surface area contributed by atoms with Crippen molar-refractivity contribution in [1.82, 2.24) is 20.5 Å². The van der Waals surface area contributed by atoms with Gasteiger partial charge < -0.3 is 9.73 Å². The summed E-state index contributed by atoms with van der Waals surface area (Å²) in [7, 11) is 0. The third-order valence-corrected chi connectivity index (χ3v) is 2.78. The minimum Gasteiger partial charge on any atom is -0.461 e. The molecule has 96 valence electrons. The van der Waals surface area contributed by atoms with Gasteiger partial charge in [0.1, 0.15) is 23.5 Å². The first-order valence-electron chi connectivity index (χ1n) is 5.85. The molecule has 0 fully saturated rings. The van der Waals surface area contributed by atoms with Gasteiger partial charge in [-0.05, 0) is 31.2 Å². The van der Waals surface area contributed by atoms with E-state index in [0.717, 1.165) is 16.7 Å². The van der Waals surface area contributed by atoms with Gasteiger partial charge in [0.05, 0.1) is 6.54 Å². The van der Waals surface area contributed by atoms with Crippen LogP contribution in [0.4, 0.5) is 0 Å². The van der Waals surface area contributed by atoms with E-state index in [4.69, 9.17) is 4.42 Å². The molecule has 0 saturated carbocycles. The Balaban J connectivity index is 1.77. The molecule has 3 rings (SSSR count). The molecule has 0 aliphatic heterocycles.